The van der Waals surface area contributed by atoms with Crippen molar-refractivity contribution in [2.75, 3.05) is 24.0 Å². The molecule has 10 rings (SSSR count). The molecule has 0 unspecified atom stereocenters. The van der Waals surface area contributed by atoms with Crippen molar-refractivity contribution in [3.05, 3.63) is 146 Å². The van der Waals surface area contributed by atoms with E-state index in [1.807, 2.05) is 76.6 Å². The van der Waals surface area contributed by atoms with Gasteiger partial charge in [-0.3, -0.25) is 34.3 Å². The first-order chi connectivity index (χ1) is 43.9. The monoisotopic (exact) mass is 1360 g/mol. The van der Waals surface area contributed by atoms with Gasteiger partial charge in [-0.2, -0.15) is 25.9 Å². The topological polar surface area (TPSA) is 339 Å². The molecule has 25 nitrogen and oxygen atoms in total. The number of esters is 1. The molecule has 470 valence electrons. The Kier molecular flexibility index (Phi) is 24.0. The highest BCUT2D eigenvalue weighted by Crippen LogP contribution is 2.42. The van der Waals surface area contributed by atoms with Crippen LogP contribution in [0.2, 0.25) is 30.1 Å². The van der Waals surface area contributed by atoms with E-state index in [-0.39, 0.29) is 74.9 Å². The van der Waals surface area contributed by atoms with Crippen LogP contribution in [0, 0.1) is 34.0 Å². The number of imidazole rings is 3. The molecule has 0 aliphatic carbocycles. The smallest absolute Gasteiger partial charge is 0.413 e. The van der Waals surface area contributed by atoms with Gasteiger partial charge in [0.2, 0.25) is 23.2 Å². The predicted octanol–water partition coefficient (Wildman–Crippen LogP) is 12.9. The molecule has 92 heavy (non-hydrogen) atoms. The zero-order valence-corrected chi connectivity index (χ0v) is 53.4. The van der Waals surface area contributed by atoms with Crippen molar-refractivity contribution in [3.63, 3.8) is 0 Å². The number of nitriles is 3. The summed E-state index contributed by atoms with van der Waals surface area (Å²) in [5.74, 6) is -0.761. The molecular weight excluding hydrogens is 1320 g/mol. The number of halogens is 6. The summed E-state index contributed by atoms with van der Waals surface area (Å²) in [5.41, 5.74) is 11.5. The van der Waals surface area contributed by atoms with E-state index in [0.717, 1.165) is 38.1 Å². The lowest BCUT2D eigenvalue weighted by molar-refractivity contribution is -0.144. The summed E-state index contributed by atoms with van der Waals surface area (Å²) in [4.78, 5) is 85.0. The second-order valence-electron chi connectivity index (χ2n) is 18.9. The molecule has 31 heteroatoms. The lowest BCUT2D eigenvalue weighted by Crippen LogP contribution is -2.36. The molecule has 3 aromatic heterocycles. The Morgan fingerprint density at radius 2 is 1.07 bits per heavy atom. The number of carbonyl (C=O) groups excluding carboxylic acids is 6. The molecule has 4 heterocycles. The van der Waals surface area contributed by atoms with E-state index < -0.39 is 48.3 Å². The molecule has 1 aliphatic heterocycles. The zero-order chi connectivity index (χ0) is 66.9. The van der Waals surface area contributed by atoms with Crippen molar-refractivity contribution < 1.29 is 52.5 Å². The number of nitrogens with zero attached hydrogens (tertiary/aromatic N) is 12. The Morgan fingerprint density at radius 1 is 0.630 bits per heavy atom. The maximum absolute atomic E-state index is 12.2. The zero-order valence-electron chi connectivity index (χ0n) is 48.8. The SMILES string of the molecule is CCOC(=O)CC(=O)C(C#N)=NCc1cc(Cl)c(Oc2ccc3ncn(C)c3c2)c(Cl)c1.CCOC(=O)NC(=O)CC#N.Cn1cnc2ccc(Oc3c(Cl)cc(N)cc3Cl)cc21.Cn1cnc2ccc(Oc3c(Cl)cc(N4N=C(C#N)C(=O)CC4=O)cc3Cl)cc21. The average Bonchev–Trinajstić information content (AvgIpc) is 1.19. The van der Waals surface area contributed by atoms with Crippen LogP contribution in [0.25, 0.3) is 33.1 Å². The number of nitrogen functional groups attached to an aromatic ring is 1. The van der Waals surface area contributed by atoms with Gasteiger partial charge in [0, 0.05) is 45.0 Å². The number of benzene rings is 6. The fraction of sp³-hybridized carbons (Fsp3) is 0.180. The molecular formula is C61H48Cl6N14O11. The number of anilines is 2. The quantitative estimate of drug-likeness (QED) is 0.0417. The normalized spacial score (nSPS) is 11.7. The van der Waals surface area contributed by atoms with Gasteiger partial charge in [-0.15, -0.1) is 0 Å². The van der Waals surface area contributed by atoms with E-state index in [1.165, 1.54) is 12.1 Å². The summed E-state index contributed by atoms with van der Waals surface area (Å²) in [5, 5.41) is 34.3. The van der Waals surface area contributed by atoms with Gasteiger partial charge in [0.15, 0.2) is 23.0 Å². The number of nitrogens with one attached hydrogen (secondary N) is 1. The number of imide groups is 1. The van der Waals surface area contributed by atoms with E-state index in [1.54, 1.807) is 93.5 Å². The first-order valence-corrected chi connectivity index (χ1v) is 29.0. The number of nitrogens with two attached hydrogens (primary N) is 1. The molecule has 0 spiro atoms. The van der Waals surface area contributed by atoms with Gasteiger partial charge in [0.1, 0.15) is 42.2 Å². The van der Waals surface area contributed by atoms with Crippen LogP contribution in [-0.4, -0.2) is 88.7 Å². The van der Waals surface area contributed by atoms with Crippen molar-refractivity contribution in [3.8, 4) is 52.7 Å². The number of carbonyl (C=O) groups is 6. The average molecular weight is 1370 g/mol. The van der Waals surface area contributed by atoms with Crippen LogP contribution in [0.3, 0.4) is 0 Å². The van der Waals surface area contributed by atoms with Crippen LogP contribution in [0.1, 0.15) is 38.7 Å². The van der Waals surface area contributed by atoms with Crippen LogP contribution in [-0.2, 0) is 61.1 Å². The molecule has 0 bridgehead atoms. The molecule has 0 radical (unpaired) electrons. The van der Waals surface area contributed by atoms with Crippen molar-refractivity contribution in [1.29, 1.82) is 15.8 Å². The second kappa shape index (κ2) is 31.9. The number of aryl methyl sites for hydroxylation is 3. The number of hydrogen-bond donors (Lipinski definition) is 2. The molecule has 9 aromatic rings. The van der Waals surface area contributed by atoms with Gasteiger partial charge in [-0.05, 0) is 92.2 Å². The van der Waals surface area contributed by atoms with Crippen molar-refractivity contribution >= 4 is 161 Å². The Bertz CT molecular complexity index is 4490. The highest BCUT2D eigenvalue weighted by atomic mass is 35.5. The minimum atomic E-state index is -0.812. The van der Waals surface area contributed by atoms with Crippen LogP contribution < -0.4 is 30.3 Å². The molecule has 0 saturated heterocycles. The number of rotatable bonds is 15. The van der Waals surface area contributed by atoms with E-state index in [2.05, 4.69) is 29.8 Å². The Hall–Kier alpha value is -10.3. The number of ether oxygens (including phenoxy) is 5. The fourth-order valence-electron chi connectivity index (χ4n) is 8.08. The van der Waals surface area contributed by atoms with E-state index in [0.29, 0.717) is 44.3 Å². The van der Waals surface area contributed by atoms with Gasteiger partial charge in [-0.1, -0.05) is 69.6 Å². The first kappa shape index (κ1) is 69.2. The summed E-state index contributed by atoms with van der Waals surface area (Å²) in [6.45, 7) is 3.56. The van der Waals surface area contributed by atoms with Crippen LogP contribution in [0.15, 0.2) is 120 Å². The van der Waals surface area contributed by atoms with Crippen LogP contribution in [0.4, 0.5) is 16.2 Å². The van der Waals surface area contributed by atoms with Crippen LogP contribution >= 0.6 is 69.6 Å². The number of alkyl carbamates (subject to hydrolysis) is 1. The fourth-order valence-corrected chi connectivity index (χ4v) is 9.82. The highest BCUT2D eigenvalue weighted by Gasteiger charge is 2.30. The number of hydrogen-bond acceptors (Lipinski definition) is 20. The first-order valence-electron chi connectivity index (χ1n) is 26.7. The Labute approximate surface area is 553 Å². The summed E-state index contributed by atoms with van der Waals surface area (Å²) in [6, 6.07) is 30.5. The third-order valence-electron chi connectivity index (χ3n) is 12.3. The van der Waals surface area contributed by atoms with E-state index >= 15 is 0 Å². The largest absolute Gasteiger partial charge is 0.466 e. The summed E-state index contributed by atoms with van der Waals surface area (Å²) in [6.07, 6.45) is 3.00. The van der Waals surface area contributed by atoms with Gasteiger partial charge in [0.25, 0.3) is 5.91 Å². The lowest BCUT2D eigenvalue weighted by atomic mass is 10.1. The van der Waals surface area contributed by atoms with Crippen molar-refractivity contribution in [2.24, 2.45) is 31.2 Å². The summed E-state index contributed by atoms with van der Waals surface area (Å²) >= 11 is 37.6. The molecule has 1 aliphatic rings. The molecule has 3 amide bonds. The van der Waals surface area contributed by atoms with Gasteiger partial charge < -0.3 is 43.1 Å². The van der Waals surface area contributed by atoms with E-state index in [9.17, 15) is 34.0 Å². The van der Waals surface area contributed by atoms with Gasteiger partial charge in [0.05, 0.1) is 120 Å². The molecule has 0 fully saturated rings. The number of ketones is 2. The molecule has 6 aromatic carbocycles. The number of fused-ring (bicyclic) bond motifs is 3. The molecule has 0 saturated carbocycles. The maximum Gasteiger partial charge on any atom is 0.413 e. The predicted molar refractivity (Wildman–Crippen MR) is 345 cm³/mol. The standard InChI is InChI=1S/C22H18Cl2N4O4.C19H11Cl2N5O3.C14H11Cl2N3O.C6H8N2O3/c1-3-31-21(30)9-20(29)18(10-25)26-11-13-6-15(23)22(16(24)7-13)32-14-4-5-17-19(8-14)28(2)12-27-17;1-25-9-23-14-3-2-11(6-16(14)25)29-19-12(20)4-10(5-13(19)21)26-18(28)7-17(27)15(8-22)24-26;1-19-7-18-12-3-2-9(6-13(12)19)20-14-10(15)4-8(17)5-11(14)16;1-2-11-6(10)8-5(9)3-4-7/h4-8,12H,3,9,11H2,1-2H3;2-6,9H,7H2,1H3;2-7H,17H2,1H3;2-3H2,1H3,(H,8,9,10). The van der Waals surface area contributed by atoms with Gasteiger partial charge >= 0.3 is 12.1 Å². The van der Waals surface area contributed by atoms with Crippen molar-refractivity contribution in [1.82, 2.24) is 34.0 Å². The van der Waals surface area contributed by atoms with E-state index in [4.69, 9.17) is 105 Å². The number of Topliss-reactive ketones (excluding diaryl/α,β-unsaturated/α-hetero) is 2. The van der Waals surface area contributed by atoms with Crippen molar-refractivity contribution in [2.45, 2.75) is 39.7 Å². The second-order valence-corrected chi connectivity index (χ2v) is 21.4. The number of hydrazone groups is 1. The summed E-state index contributed by atoms with van der Waals surface area (Å²) in [7, 11) is 5.66. The Morgan fingerprint density at radius 3 is 1.48 bits per heavy atom. The minimum absolute atomic E-state index is 0.0296. The number of amides is 3. The molecule has 3 N–H and O–H groups in total. The third kappa shape index (κ3) is 18.0. The Balaban J connectivity index is 0.000000184. The third-order valence-corrected chi connectivity index (χ3v) is 14.0. The maximum atomic E-state index is 12.2. The molecule has 0 atom stereocenters. The number of aliphatic imine (C=N–C) groups is 1. The summed E-state index contributed by atoms with van der Waals surface area (Å²) < 4.78 is 32.2. The van der Waals surface area contributed by atoms with Gasteiger partial charge in [-0.25, -0.2) is 19.7 Å². The lowest BCUT2D eigenvalue weighted by Gasteiger charge is -2.22. The van der Waals surface area contributed by atoms with Crippen LogP contribution in [0.5, 0.6) is 34.5 Å². The number of aromatic nitrogens is 6. The minimum Gasteiger partial charge on any atom is -0.466 e. The highest BCUT2D eigenvalue weighted by molar-refractivity contribution is 6.50.